The van der Waals surface area contributed by atoms with Crippen LogP contribution in [0, 0.1) is 0 Å². The van der Waals surface area contributed by atoms with Crippen LogP contribution in [0.2, 0.25) is 10.0 Å². The second-order valence-electron chi connectivity index (χ2n) is 2.87. The van der Waals surface area contributed by atoms with Gasteiger partial charge in [-0.3, -0.25) is 5.43 Å². The number of rotatable bonds is 3. The van der Waals surface area contributed by atoms with E-state index in [2.05, 4.69) is 15.5 Å². The van der Waals surface area contributed by atoms with Crippen molar-refractivity contribution in [2.45, 2.75) is 0 Å². The topological polar surface area (TPSA) is 50.4 Å². The quantitative estimate of drug-likeness (QED) is 0.676. The molecule has 4 nitrogen and oxygen atoms in total. The van der Waals surface area contributed by atoms with Crippen LogP contribution >= 0.6 is 23.2 Å². The third kappa shape index (κ3) is 2.74. The number of anilines is 1. The smallest absolute Gasteiger partial charge is 0.165 e. The molecule has 0 unspecified atom stereocenters. The zero-order valence-electron chi connectivity index (χ0n) is 8.02. The van der Waals surface area contributed by atoms with Gasteiger partial charge in [-0.15, -0.1) is 0 Å². The molecule has 0 aromatic carbocycles. The summed E-state index contributed by atoms with van der Waals surface area (Å²) in [5.41, 5.74) is 2.69. The molecule has 2 rings (SSSR count). The van der Waals surface area contributed by atoms with Crippen LogP contribution < -0.4 is 5.43 Å². The van der Waals surface area contributed by atoms with Gasteiger partial charge in [0, 0.05) is 6.20 Å². The summed E-state index contributed by atoms with van der Waals surface area (Å²) in [7, 11) is 0. The summed E-state index contributed by atoms with van der Waals surface area (Å²) in [6, 6.07) is 5.14. The molecule has 2 aromatic rings. The van der Waals surface area contributed by atoms with Gasteiger partial charge in [0.2, 0.25) is 0 Å². The Balaban J connectivity index is 2.05. The number of hydrogen-bond donors (Lipinski definition) is 1. The lowest BCUT2D eigenvalue weighted by Gasteiger charge is -2.01. The molecule has 0 radical (unpaired) electrons. The first-order chi connectivity index (χ1) is 7.75. The summed E-state index contributed by atoms with van der Waals surface area (Å²) in [5, 5.41) is 4.80. The monoisotopic (exact) mass is 255 g/mol. The van der Waals surface area contributed by atoms with Crippen molar-refractivity contribution in [3.05, 3.63) is 46.5 Å². The number of aromatic nitrogens is 1. The molecule has 0 bridgehead atoms. The fourth-order valence-corrected chi connectivity index (χ4v) is 1.44. The largest absolute Gasteiger partial charge is 0.463 e. The molecule has 2 aromatic heterocycles. The van der Waals surface area contributed by atoms with E-state index in [1.54, 1.807) is 24.5 Å². The Morgan fingerprint density at radius 2 is 2.31 bits per heavy atom. The molecule has 0 saturated heterocycles. The van der Waals surface area contributed by atoms with Crippen molar-refractivity contribution in [1.82, 2.24) is 4.98 Å². The number of pyridine rings is 1. The van der Waals surface area contributed by atoms with Crippen molar-refractivity contribution < 1.29 is 4.42 Å². The molecule has 16 heavy (non-hydrogen) atoms. The minimum absolute atomic E-state index is 0.407. The standard InChI is InChI=1S/C10H7Cl2N3O/c11-7-4-9(12)10(13-5-7)15-14-6-8-2-1-3-16-8/h1-6H,(H,13,15)/b14-6-. The zero-order valence-corrected chi connectivity index (χ0v) is 9.53. The van der Waals surface area contributed by atoms with Crippen molar-refractivity contribution in [3.63, 3.8) is 0 Å². The molecule has 82 valence electrons. The summed E-state index contributed by atoms with van der Waals surface area (Å²) in [6.45, 7) is 0. The van der Waals surface area contributed by atoms with Crippen LogP contribution in [0.1, 0.15) is 5.76 Å². The zero-order chi connectivity index (χ0) is 11.4. The lowest BCUT2D eigenvalue weighted by molar-refractivity contribution is 0.560. The molecule has 0 fully saturated rings. The molecule has 0 aliphatic heterocycles. The van der Waals surface area contributed by atoms with Crippen LogP contribution in [-0.2, 0) is 0 Å². The Morgan fingerprint density at radius 3 is 3.00 bits per heavy atom. The minimum Gasteiger partial charge on any atom is -0.463 e. The van der Waals surface area contributed by atoms with Crippen LogP contribution in [-0.4, -0.2) is 11.2 Å². The fraction of sp³-hybridized carbons (Fsp3) is 0. The molecular weight excluding hydrogens is 249 g/mol. The van der Waals surface area contributed by atoms with Crippen molar-refractivity contribution >= 4 is 35.2 Å². The first-order valence-corrected chi connectivity index (χ1v) is 5.15. The van der Waals surface area contributed by atoms with Gasteiger partial charge in [0.05, 0.1) is 22.5 Å². The van der Waals surface area contributed by atoms with Gasteiger partial charge in [-0.05, 0) is 18.2 Å². The molecule has 6 heteroatoms. The van der Waals surface area contributed by atoms with E-state index in [9.17, 15) is 0 Å². The first kappa shape index (κ1) is 11.0. The Hall–Kier alpha value is -1.52. The Kier molecular flexibility index (Phi) is 3.44. The SMILES string of the molecule is Clc1cnc(N/N=C\c2ccco2)c(Cl)c1. The van der Waals surface area contributed by atoms with Gasteiger partial charge in [0.15, 0.2) is 5.82 Å². The predicted octanol–water partition coefficient (Wildman–Crippen LogP) is 3.43. The third-order valence-corrected chi connectivity index (χ3v) is 2.21. The van der Waals surface area contributed by atoms with Crippen molar-refractivity contribution in [1.29, 1.82) is 0 Å². The highest BCUT2D eigenvalue weighted by molar-refractivity contribution is 6.35. The van der Waals surface area contributed by atoms with E-state index >= 15 is 0 Å². The van der Waals surface area contributed by atoms with Crippen LogP contribution in [0.25, 0.3) is 0 Å². The second-order valence-corrected chi connectivity index (χ2v) is 3.71. The third-order valence-electron chi connectivity index (χ3n) is 1.71. The van der Waals surface area contributed by atoms with E-state index in [4.69, 9.17) is 27.6 Å². The lowest BCUT2D eigenvalue weighted by atomic mass is 10.4. The summed E-state index contributed by atoms with van der Waals surface area (Å²) in [5.74, 6) is 1.08. The maximum Gasteiger partial charge on any atom is 0.165 e. The molecule has 2 heterocycles. The number of nitrogens with zero attached hydrogens (tertiary/aromatic N) is 2. The van der Waals surface area contributed by atoms with E-state index in [0.29, 0.717) is 21.6 Å². The molecule has 0 amide bonds. The summed E-state index contributed by atoms with van der Waals surface area (Å²) < 4.78 is 5.06. The van der Waals surface area contributed by atoms with Gasteiger partial charge in [-0.25, -0.2) is 4.98 Å². The van der Waals surface area contributed by atoms with Crippen molar-refractivity contribution in [3.8, 4) is 0 Å². The maximum absolute atomic E-state index is 5.88. The fourth-order valence-electron chi connectivity index (χ4n) is 1.02. The van der Waals surface area contributed by atoms with Gasteiger partial charge in [-0.1, -0.05) is 23.2 Å². The average Bonchev–Trinajstić information content (AvgIpc) is 2.74. The van der Waals surface area contributed by atoms with Gasteiger partial charge in [0.25, 0.3) is 0 Å². The summed E-state index contributed by atoms with van der Waals surface area (Å²) in [4.78, 5) is 3.98. The van der Waals surface area contributed by atoms with Crippen LogP contribution in [0.3, 0.4) is 0 Å². The van der Waals surface area contributed by atoms with Crippen molar-refractivity contribution in [2.24, 2.45) is 5.10 Å². The second kappa shape index (κ2) is 5.01. The highest BCUT2D eigenvalue weighted by Gasteiger charge is 2.00. The number of hydrogen-bond acceptors (Lipinski definition) is 4. The van der Waals surface area contributed by atoms with Crippen LogP contribution in [0.4, 0.5) is 5.82 Å². The maximum atomic E-state index is 5.88. The predicted molar refractivity (Wildman–Crippen MR) is 64.2 cm³/mol. The Labute approximate surface area is 102 Å². The van der Waals surface area contributed by atoms with E-state index in [1.807, 2.05) is 0 Å². The Morgan fingerprint density at radius 1 is 1.44 bits per heavy atom. The molecule has 0 aliphatic rings. The highest BCUT2D eigenvalue weighted by Crippen LogP contribution is 2.22. The van der Waals surface area contributed by atoms with Crippen LogP contribution in [0.5, 0.6) is 0 Å². The normalized spacial score (nSPS) is 10.9. The van der Waals surface area contributed by atoms with E-state index < -0.39 is 0 Å². The van der Waals surface area contributed by atoms with Gasteiger partial charge in [-0.2, -0.15) is 5.10 Å². The van der Waals surface area contributed by atoms with Gasteiger partial charge >= 0.3 is 0 Å². The molecule has 0 spiro atoms. The Bertz CT molecular complexity index is 497. The van der Waals surface area contributed by atoms with E-state index in [1.165, 1.54) is 12.4 Å². The summed E-state index contributed by atoms with van der Waals surface area (Å²) in [6.07, 6.45) is 4.57. The lowest BCUT2D eigenvalue weighted by Crippen LogP contribution is -1.93. The number of hydrazone groups is 1. The molecule has 0 saturated carbocycles. The number of nitrogens with one attached hydrogen (secondary N) is 1. The van der Waals surface area contributed by atoms with Crippen molar-refractivity contribution in [2.75, 3.05) is 5.43 Å². The number of furan rings is 1. The molecular formula is C10H7Cl2N3O. The number of halogens is 2. The first-order valence-electron chi connectivity index (χ1n) is 4.39. The molecule has 0 atom stereocenters. The van der Waals surface area contributed by atoms with E-state index in [0.717, 1.165) is 0 Å². The molecule has 1 N–H and O–H groups in total. The average molecular weight is 256 g/mol. The summed E-state index contributed by atoms with van der Waals surface area (Å²) >= 11 is 11.6. The van der Waals surface area contributed by atoms with E-state index in [-0.39, 0.29) is 0 Å². The van der Waals surface area contributed by atoms with Gasteiger partial charge < -0.3 is 4.42 Å². The highest BCUT2D eigenvalue weighted by atomic mass is 35.5. The van der Waals surface area contributed by atoms with Gasteiger partial charge in [0.1, 0.15) is 5.76 Å². The molecule has 0 aliphatic carbocycles. The minimum atomic E-state index is 0.407. The van der Waals surface area contributed by atoms with Crippen LogP contribution in [0.15, 0.2) is 40.2 Å².